The van der Waals surface area contributed by atoms with Crippen molar-refractivity contribution in [3.05, 3.63) is 66.5 Å². The van der Waals surface area contributed by atoms with Crippen molar-refractivity contribution in [3.8, 4) is 11.1 Å². The smallest absolute Gasteiger partial charge is 0.248 e. The summed E-state index contributed by atoms with van der Waals surface area (Å²) in [6.07, 6.45) is 3.60. The fourth-order valence-corrected chi connectivity index (χ4v) is 2.12. The Morgan fingerprint density at radius 2 is 1.79 bits per heavy atom. The van der Waals surface area contributed by atoms with Crippen LogP contribution in [0.3, 0.4) is 0 Å². The highest BCUT2D eigenvalue weighted by molar-refractivity contribution is 5.94. The monoisotopic (exact) mass is 248 g/mol. The van der Waals surface area contributed by atoms with E-state index in [0.717, 1.165) is 21.9 Å². The summed E-state index contributed by atoms with van der Waals surface area (Å²) in [5.41, 5.74) is 7.84. The Morgan fingerprint density at radius 1 is 0.947 bits per heavy atom. The number of aromatic nitrogens is 1. The number of fused-ring (bicyclic) bond motifs is 1. The molecule has 0 aliphatic carbocycles. The molecule has 3 rings (SSSR count). The average Bonchev–Trinajstić information content (AvgIpc) is 2.47. The summed E-state index contributed by atoms with van der Waals surface area (Å²) in [7, 11) is 0. The van der Waals surface area contributed by atoms with Crippen molar-refractivity contribution in [2.45, 2.75) is 0 Å². The van der Waals surface area contributed by atoms with E-state index in [2.05, 4.69) is 11.1 Å². The predicted octanol–water partition coefficient (Wildman–Crippen LogP) is 3.00. The number of hydrogen-bond acceptors (Lipinski definition) is 2. The summed E-state index contributed by atoms with van der Waals surface area (Å²) < 4.78 is 0. The molecular weight excluding hydrogens is 236 g/mol. The first-order valence-corrected chi connectivity index (χ1v) is 5.98. The highest BCUT2D eigenvalue weighted by Crippen LogP contribution is 2.24. The van der Waals surface area contributed by atoms with Gasteiger partial charge >= 0.3 is 0 Å². The molecule has 92 valence electrons. The molecule has 0 fully saturated rings. The van der Waals surface area contributed by atoms with E-state index >= 15 is 0 Å². The summed E-state index contributed by atoms with van der Waals surface area (Å²) in [4.78, 5) is 15.3. The van der Waals surface area contributed by atoms with Crippen molar-refractivity contribution >= 4 is 16.7 Å². The molecule has 1 aromatic heterocycles. The Balaban J connectivity index is 2.13. The molecule has 3 aromatic rings. The molecule has 0 aliphatic rings. The van der Waals surface area contributed by atoms with Crippen molar-refractivity contribution < 1.29 is 4.79 Å². The Kier molecular flexibility index (Phi) is 2.72. The molecule has 3 heteroatoms. The number of carbonyl (C=O) groups is 1. The van der Waals surface area contributed by atoms with Crippen molar-refractivity contribution in [2.24, 2.45) is 5.73 Å². The average molecular weight is 248 g/mol. The molecule has 0 aliphatic heterocycles. The van der Waals surface area contributed by atoms with Gasteiger partial charge in [-0.3, -0.25) is 9.78 Å². The summed E-state index contributed by atoms with van der Waals surface area (Å²) in [5.74, 6) is -0.413. The van der Waals surface area contributed by atoms with Crippen LogP contribution in [0.2, 0.25) is 0 Å². The van der Waals surface area contributed by atoms with Gasteiger partial charge in [0.15, 0.2) is 0 Å². The van der Waals surface area contributed by atoms with Gasteiger partial charge in [0.05, 0.1) is 0 Å². The summed E-state index contributed by atoms with van der Waals surface area (Å²) in [6.45, 7) is 0. The second kappa shape index (κ2) is 4.53. The maximum Gasteiger partial charge on any atom is 0.248 e. The van der Waals surface area contributed by atoms with Crippen LogP contribution in [0.1, 0.15) is 10.4 Å². The number of carbonyl (C=O) groups excluding carboxylic acids is 1. The second-order valence-corrected chi connectivity index (χ2v) is 4.38. The SMILES string of the molecule is NC(=O)c1cccc(-c2ccc3ccncc3c2)c1. The van der Waals surface area contributed by atoms with Crippen LogP contribution >= 0.6 is 0 Å². The van der Waals surface area contributed by atoms with E-state index in [1.54, 1.807) is 18.3 Å². The van der Waals surface area contributed by atoms with Gasteiger partial charge in [0.1, 0.15) is 0 Å². The van der Waals surface area contributed by atoms with E-state index in [0.29, 0.717) is 5.56 Å². The van der Waals surface area contributed by atoms with Crippen molar-refractivity contribution in [3.63, 3.8) is 0 Å². The third-order valence-corrected chi connectivity index (χ3v) is 3.12. The lowest BCUT2D eigenvalue weighted by Crippen LogP contribution is -2.10. The van der Waals surface area contributed by atoms with E-state index in [4.69, 9.17) is 5.73 Å². The van der Waals surface area contributed by atoms with Crippen molar-refractivity contribution in [2.75, 3.05) is 0 Å². The summed E-state index contributed by atoms with van der Waals surface area (Å²) in [5, 5.41) is 2.22. The highest BCUT2D eigenvalue weighted by Gasteiger charge is 2.04. The van der Waals surface area contributed by atoms with Gasteiger partial charge < -0.3 is 5.73 Å². The third-order valence-electron chi connectivity index (χ3n) is 3.12. The van der Waals surface area contributed by atoms with E-state index in [1.807, 2.05) is 36.5 Å². The molecule has 2 aromatic carbocycles. The zero-order valence-electron chi connectivity index (χ0n) is 10.2. The van der Waals surface area contributed by atoms with Crippen LogP contribution in [0, 0.1) is 0 Å². The first-order chi connectivity index (χ1) is 9.24. The Hall–Kier alpha value is -2.68. The van der Waals surface area contributed by atoms with Crippen molar-refractivity contribution in [1.29, 1.82) is 0 Å². The Labute approximate surface area is 110 Å². The number of hydrogen-bond donors (Lipinski definition) is 1. The molecule has 0 spiro atoms. The summed E-state index contributed by atoms with van der Waals surface area (Å²) >= 11 is 0. The first-order valence-electron chi connectivity index (χ1n) is 5.98. The molecule has 0 unspecified atom stereocenters. The number of amides is 1. The molecule has 0 saturated carbocycles. The fourth-order valence-electron chi connectivity index (χ4n) is 2.12. The quantitative estimate of drug-likeness (QED) is 0.758. The van der Waals surface area contributed by atoms with Gasteiger partial charge in [0, 0.05) is 23.3 Å². The molecular formula is C16H12N2O. The number of benzene rings is 2. The lowest BCUT2D eigenvalue weighted by molar-refractivity contribution is 0.100. The molecule has 0 saturated heterocycles. The minimum atomic E-state index is -0.413. The van der Waals surface area contributed by atoms with Gasteiger partial charge in [-0.2, -0.15) is 0 Å². The lowest BCUT2D eigenvalue weighted by atomic mass is 10.0. The van der Waals surface area contributed by atoms with Crippen molar-refractivity contribution in [1.82, 2.24) is 4.98 Å². The largest absolute Gasteiger partial charge is 0.366 e. The standard InChI is InChI=1S/C16H12N2O/c17-16(19)14-3-1-2-12(8-14)13-5-4-11-6-7-18-10-15(11)9-13/h1-10H,(H2,17,19). The topological polar surface area (TPSA) is 56.0 Å². The molecule has 0 atom stereocenters. The second-order valence-electron chi connectivity index (χ2n) is 4.38. The van der Waals surface area contributed by atoms with E-state index < -0.39 is 5.91 Å². The predicted molar refractivity (Wildman–Crippen MR) is 75.7 cm³/mol. The molecule has 1 heterocycles. The normalized spacial score (nSPS) is 10.5. The van der Waals surface area contributed by atoms with E-state index in [9.17, 15) is 4.79 Å². The molecule has 3 nitrogen and oxygen atoms in total. The maximum atomic E-state index is 11.2. The van der Waals surface area contributed by atoms with Gasteiger partial charge in [-0.25, -0.2) is 0 Å². The number of nitrogens with zero attached hydrogens (tertiary/aromatic N) is 1. The zero-order chi connectivity index (χ0) is 13.2. The molecule has 19 heavy (non-hydrogen) atoms. The highest BCUT2D eigenvalue weighted by atomic mass is 16.1. The molecule has 0 bridgehead atoms. The van der Waals surface area contributed by atoms with Crippen LogP contribution < -0.4 is 5.73 Å². The number of rotatable bonds is 2. The van der Waals surface area contributed by atoms with E-state index in [-0.39, 0.29) is 0 Å². The van der Waals surface area contributed by atoms with Crippen LogP contribution in [-0.4, -0.2) is 10.9 Å². The van der Waals surface area contributed by atoms with Gasteiger partial charge in [-0.05, 0) is 40.8 Å². The Morgan fingerprint density at radius 3 is 2.63 bits per heavy atom. The Bertz CT molecular complexity index is 765. The van der Waals surface area contributed by atoms with Gasteiger partial charge in [0.2, 0.25) is 5.91 Å². The van der Waals surface area contributed by atoms with Crippen LogP contribution in [0.4, 0.5) is 0 Å². The molecule has 1 amide bonds. The zero-order valence-corrected chi connectivity index (χ0v) is 10.2. The van der Waals surface area contributed by atoms with Gasteiger partial charge in [-0.1, -0.05) is 24.3 Å². The van der Waals surface area contributed by atoms with E-state index in [1.165, 1.54) is 0 Å². The van der Waals surface area contributed by atoms with Crippen LogP contribution in [0.15, 0.2) is 60.9 Å². The number of nitrogens with two attached hydrogens (primary N) is 1. The maximum absolute atomic E-state index is 11.2. The number of primary amides is 1. The minimum absolute atomic E-state index is 0.413. The molecule has 0 radical (unpaired) electrons. The van der Waals surface area contributed by atoms with Crippen LogP contribution in [0.5, 0.6) is 0 Å². The lowest BCUT2D eigenvalue weighted by Gasteiger charge is -2.05. The minimum Gasteiger partial charge on any atom is -0.366 e. The fraction of sp³-hybridized carbons (Fsp3) is 0. The van der Waals surface area contributed by atoms with Crippen LogP contribution in [0.25, 0.3) is 21.9 Å². The third kappa shape index (κ3) is 2.18. The first kappa shape index (κ1) is 11.4. The van der Waals surface area contributed by atoms with Crippen LogP contribution in [-0.2, 0) is 0 Å². The molecule has 2 N–H and O–H groups in total. The van der Waals surface area contributed by atoms with Gasteiger partial charge in [-0.15, -0.1) is 0 Å². The number of pyridine rings is 1. The van der Waals surface area contributed by atoms with Gasteiger partial charge in [0.25, 0.3) is 0 Å². The summed E-state index contributed by atoms with van der Waals surface area (Å²) in [6, 6.07) is 15.4.